The highest BCUT2D eigenvalue weighted by Crippen LogP contribution is 2.20. The van der Waals surface area contributed by atoms with Crippen molar-refractivity contribution in [3.63, 3.8) is 0 Å². The van der Waals surface area contributed by atoms with Crippen LogP contribution in [0, 0.1) is 0 Å². The molecule has 0 unspecified atom stereocenters. The number of hydrogen-bond acceptors (Lipinski definition) is 2. The van der Waals surface area contributed by atoms with E-state index in [1.165, 1.54) is 5.56 Å². The minimum absolute atomic E-state index is 0.371. The summed E-state index contributed by atoms with van der Waals surface area (Å²) in [5, 5.41) is 0.704. The Hall–Kier alpha value is -1.42. The maximum atomic E-state index is 6.28. The lowest BCUT2D eigenvalue weighted by molar-refractivity contribution is 0.319. The SMILES string of the molecule is CN(Cc1ccccc1)Cc1ccc(C(N)=S)cc1Cl. The average molecular weight is 305 g/mol. The monoisotopic (exact) mass is 304 g/mol. The second-order valence-electron chi connectivity index (χ2n) is 4.83. The van der Waals surface area contributed by atoms with Crippen molar-refractivity contribution < 1.29 is 0 Å². The van der Waals surface area contributed by atoms with Crippen molar-refractivity contribution >= 4 is 28.8 Å². The fourth-order valence-electron chi connectivity index (χ4n) is 2.07. The van der Waals surface area contributed by atoms with Gasteiger partial charge in [0.15, 0.2) is 0 Å². The van der Waals surface area contributed by atoms with E-state index in [9.17, 15) is 0 Å². The van der Waals surface area contributed by atoms with E-state index in [0.717, 1.165) is 24.2 Å². The fourth-order valence-corrected chi connectivity index (χ4v) is 2.44. The topological polar surface area (TPSA) is 29.3 Å². The highest BCUT2D eigenvalue weighted by Gasteiger charge is 2.07. The van der Waals surface area contributed by atoms with Gasteiger partial charge >= 0.3 is 0 Å². The van der Waals surface area contributed by atoms with Gasteiger partial charge in [-0.3, -0.25) is 4.90 Å². The lowest BCUT2D eigenvalue weighted by Crippen LogP contribution is -2.17. The quantitative estimate of drug-likeness (QED) is 0.856. The highest BCUT2D eigenvalue weighted by molar-refractivity contribution is 7.80. The molecule has 0 saturated heterocycles. The van der Waals surface area contributed by atoms with Crippen molar-refractivity contribution in [1.29, 1.82) is 0 Å². The van der Waals surface area contributed by atoms with E-state index < -0.39 is 0 Å². The first-order valence-electron chi connectivity index (χ1n) is 6.37. The summed E-state index contributed by atoms with van der Waals surface area (Å²) >= 11 is 11.2. The summed E-state index contributed by atoms with van der Waals surface area (Å²) in [4.78, 5) is 2.59. The summed E-state index contributed by atoms with van der Waals surface area (Å²) in [5.74, 6) is 0. The molecule has 0 heterocycles. The zero-order chi connectivity index (χ0) is 14.5. The summed E-state index contributed by atoms with van der Waals surface area (Å²) in [6.45, 7) is 1.67. The molecule has 0 aliphatic rings. The van der Waals surface area contributed by atoms with Gasteiger partial charge in [0.1, 0.15) is 4.99 Å². The van der Waals surface area contributed by atoms with Crippen LogP contribution in [0.2, 0.25) is 5.02 Å². The third-order valence-electron chi connectivity index (χ3n) is 3.07. The van der Waals surface area contributed by atoms with Gasteiger partial charge in [0.25, 0.3) is 0 Å². The molecule has 2 nitrogen and oxygen atoms in total. The maximum absolute atomic E-state index is 6.28. The maximum Gasteiger partial charge on any atom is 0.104 e. The van der Waals surface area contributed by atoms with Gasteiger partial charge in [-0.1, -0.05) is 66.3 Å². The lowest BCUT2D eigenvalue weighted by Gasteiger charge is -2.18. The van der Waals surface area contributed by atoms with Crippen LogP contribution in [0.15, 0.2) is 48.5 Å². The Morgan fingerprint density at radius 3 is 2.45 bits per heavy atom. The Kier molecular flexibility index (Phi) is 5.12. The van der Waals surface area contributed by atoms with E-state index in [2.05, 4.69) is 24.1 Å². The van der Waals surface area contributed by atoms with Crippen LogP contribution in [0.1, 0.15) is 16.7 Å². The number of benzene rings is 2. The first-order valence-corrected chi connectivity index (χ1v) is 7.15. The van der Waals surface area contributed by atoms with Crippen molar-refractivity contribution in [3.8, 4) is 0 Å². The number of thiocarbonyl (C=S) groups is 1. The van der Waals surface area contributed by atoms with Crippen LogP contribution < -0.4 is 5.73 Å². The van der Waals surface area contributed by atoms with Crippen molar-refractivity contribution in [2.24, 2.45) is 5.73 Å². The third-order valence-corrected chi connectivity index (χ3v) is 3.66. The smallest absolute Gasteiger partial charge is 0.104 e. The minimum atomic E-state index is 0.371. The molecule has 20 heavy (non-hydrogen) atoms. The number of nitrogens with zero attached hydrogens (tertiary/aromatic N) is 1. The zero-order valence-electron chi connectivity index (χ0n) is 11.3. The Bertz CT molecular complexity index is 599. The largest absolute Gasteiger partial charge is 0.389 e. The molecule has 0 bridgehead atoms. The molecule has 104 valence electrons. The molecule has 0 amide bonds. The zero-order valence-corrected chi connectivity index (χ0v) is 12.9. The van der Waals surface area contributed by atoms with E-state index in [-0.39, 0.29) is 0 Å². The van der Waals surface area contributed by atoms with Gasteiger partial charge in [0, 0.05) is 23.7 Å². The Morgan fingerprint density at radius 1 is 1.15 bits per heavy atom. The van der Waals surface area contributed by atoms with Gasteiger partial charge < -0.3 is 5.73 Å². The first-order chi connectivity index (χ1) is 9.56. The molecule has 2 rings (SSSR count). The van der Waals surface area contributed by atoms with Crippen molar-refractivity contribution in [1.82, 2.24) is 4.90 Å². The van der Waals surface area contributed by atoms with Crippen molar-refractivity contribution in [3.05, 3.63) is 70.2 Å². The first kappa shape index (κ1) is 15.0. The molecular formula is C16H17ClN2S. The molecule has 0 aliphatic heterocycles. The van der Waals surface area contributed by atoms with Gasteiger partial charge in [0.2, 0.25) is 0 Å². The van der Waals surface area contributed by atoms with E-state index in [1.54, 1.807) is 0 Å². The molecule has 0 aromatic heterocycles. The molecule has 4 heteroatoms. The predicted octanol–water partition coefficient (Wildman–Crippen LogP) is 3.61. The fraction of sp³-hybridized carbons (Fsp3) is 0.188. The van der Waals surface area contributed by atoms with Gasteiger partial charge in [0.05, 0.1) is 0 Å². The van der Waals surface area contributed by atoms with Gasteiger partial charge in [-0.25, -0.2) is 0 Å². The standard InChI is InChI=1S/C16H17ClN2S/c1-19(10-12-5-3-2-4-6-12)11-14-8-7-13(16(18)20)9-15(14)17/h2-9H,10-11H2,1H3,(H2,18,20). The summed E-state index contributed by atoms with van der Waals surface area (Å²) in [5.41, 5.74) is 8.76. The minimum Gasteiger partial charge on any atom is -0.389 e. The normalized spacial score (nSPS) is 10.8. The molecule has 2 aromatic carbocycles. The molecule has 0 fully saturated rings. The van der Waals surface area contributed by atoms with E-state index in [1.807, 2.05) is 36.4 Å². The lowest BCUT2D eigenvalue weighted by atomic mass is 10.1. The number of hydrogen-bond donors (Lipinski definition) is 1. The summed E-state index contributed by atoms with van der Waals surface area (Å²) in [6, 6.07) is 16.1. The Morgan fingerprint density at radius 2 is 1.85 bits per heavy atom. The van der Waals surface area contributed by atoms with Crippen LogP contribution >= 0.6 is 23.8 Å². The molecule has 0 aliphatic carbocycles. The average Bonchev–Trinajstić information content (AvgIpc) is 2.42. The van der Waals surface area contributed by atoms with Crippen LogP contribution in [-0.2, 0) is 13.1 Å². The highest BCUT2D eigenvalue weighted by atomic mass is 35.5. The van der Waals surface area contributed by atoms with Crippen LogP contribution in [0.25, 0.3) is 0 Å². The summed E-state index contributed by atoms with van der Waals surface area (Å²) < 4.78 is 0. The van der Waals surface area contributed by atoms with Crippen LogP contribution in [0.5, 0.6) is 0 Å². The molecule has 0 saturated carbocycles. The third kappa shape index (κ3) is 4.04. The number of nitrogens with two attached hydrogens (primary N) is 1. The predicted molar refractivity (Wildman–Crippen MR) is 89.0 cm³/mol. The number of halogens is 1. The second kappa shape index (κ2) is 6.84. The van der Waals surface area contributed by atoms with Gasteiger partial charge in [-0.15, -0.1) is 0 Å². The summed E-state index contributed by atoms with van der Waals surface area (Å²) in [6.07, 6.45) is 0. The molecule has 0 spiro atoms. The van der Waals surface area contributed by atoms with Gasteiger partial charge in [-0.2, -0.15) is 0 Å². The molecule has 0 atom stereocenters. The second-order valence-corrected chi connectivity index (χ2v) is 5.68. The van der Waals surface area contributed by atoms with Crippen molar-refractivity contribution in [2.75, 3.05) is 7.05 Å². The Labute approximate surface area is 130 Å². The van der Waals surface area contributed by atoms with Crippen LogP contribution in [0.3, 0.4) is 0 Å². The molecule has 2 N–H and O–H groups in total. The van der Waals surface area contributed by atoms with Crippen LogP contribution in [-0.4, -0.2) is 16.9 Å². The molecule has 2 aromatic rings. The number of rotatable bonds is 5. The Balaban J connectivity index is 2.04. The summed E-state index contributed by atoms with van der Waals surface area (Å²) in [7, 11) is 2.07. The van der Waals surface area contributed by atoms with E-state index >= 15 is 0 Å². The van der Waals surface area contributed by atoms with E-state index in [4.69, 9.17) is 29.6 Å². The van der Waals surface area contributed by atoms with E-state index in [0.29, 0.717) is 10.0 Å². The van der Waals surface area contributed by atoms with Crippen LogP contribution in [0.4, 0.5) is 0 Å². The molecule has 0 radical (unpaired) electrons. The molecular weight excluding hydrogens is 288 g/mol. The van der Waals surface area contributed by atoms with Crippen molar-refractivity contribution in [2.45, 2.75) is 13.1 Å². The van der Waals surface area contributed by atoms with Gasteiger partial charge in [-0.05, 0) is 24.2 Å².